The van der Waals surface area contributed by atoms with Crippen molar-refractivity contribution in [3.63, 3.8) is 0 Å². The highest BCUT2D eigenvalue weighted by Crippen LogP contribution is 2.70. The maximum atomic E-state index is 9.75. The summed E-state index contributed by atoms with van der Waals surface area (Å²) in [5.41, 5.74) is 0. The Hall–Kier alpha value is -0.105. The third-order valence-corrected chi connectivity index (χ3v) is 10.1. The Bertz CT molecular complexity index is 421. The zero-order valence-corrected chi connectivity index (χ0v) is 18.2. The molecule has 0 atom stereocenters. The summed E-state index contributed by atoms with van der Waals surface area (Å²) in [5.74, 6) is 0. The summed E-state index contributed by atoms with van der Waals surface area (Å²) < 4.78 is 72.8. The van der Waals surface area contributed by atoms with Crippen LogP contribution in [-0.2, 0) is 18.9 Å². The number of nitrogens with zero attached hydrogens (tertiary/aromatic N) is 4. The summed E-state index contributed by atoms with van der Waals surface area (Å²) in [6.07, 6.45) is 0. The Morgan fingerprint density at radius 3 is 0.767 bits per heavy atom. The van der Waals surface area contributed by atoms with Gasteiger partial charge in [-0.25, -0.2) is 0 Å². The van der Waals surface area contributed by atoms with Crippen molar-refractivity contribution in [3.8, 4) is 0 Å². The lowest BCUT2D eigenvalue weighted by Gasteiger charge is -2.53. The fourth-order valence-corrected chi connectivity index (χ4v) is 9.31. The smallest absolute Gasteiger partial charge is 0.418 e. The molecule has 176 valence electrons. The molecule has 4 fully saturated rings. The predicted octanol–water partition coefficient (Wildman–Crippen LogP) is 1.29. The molecule has 0 aromatic heterocycles. The van der Waals surface area contributed by atoms with Crippen LogP contribution in [0, 0.1) is 0 Å². The van der Waals surface area contributed by atoms with Crippen molar-refractivity contribution >= 4 is 15.1 Å². The third-order valence-electron chi connectivity index (χ3n) is 5.47. The molecule has 0 amide bonds. The van der Waals surface area contributed by atoms with Gasteiger partial charge in [0.05, 0.1) is 105 Å². The SMILES string of the molecule is C1CN([P+](N2CCOCC2)(N2CCOCC2)N2CCOCC2)CCO1.F[B-](F)(F)F. The van der Waals surface area contributed by atoms with Crippen LogP contribution in [0.2, 0.25) is 0 Å². The molecule has 0 N–H and O–H groups in total. The second-order valence-electron chi connectivity index (χ2n) is 7.30. The van der Waals surface area contributed by atoms with Crippen molar-refractivity contribution in [2.75, 3.05) is 105 Å². The Balaban J connectivity index is 0.000000461. The van der Waals surface area contributed by atoms with Gasteiger partial charge in [-0.2, -0.15) is 0 Å². The van der Waals surface area contributed by atoms with E-state index < -0.39 is 15.1 Å². The van der Waals surface area contributed by atoms with E-state index in [0.717, 1.165) is 105 Å². The fraction of sp³-hybridized carbons (Fsp3) is 1.00. The van der Waals surface area contributed by atoms with E-state index in [4.69, 9.17) is 18.9 Å². The Morgan fingerprint density at radius 1 is 0.433 bits per heavy atom. The van der Waals surface area contributed by atoms with Gasteiger partial charge >= 0.3 is 15.1 Å². The van der Waals surface area contributed by atoms with Crippen molar-refractivity contribution in [2.24, 2.45) is 0 Å². The molecule has 30 heavy (non-hydrogen) atoms. The van der Waals surface area contributed by atoms with Crippen molar-refractivity contribution in [2.45, 2.75) is 0 Å². The number of ether oxygens (including phenoxy) is 4. The highest BCUT2D eigenvalue weighted by Gasteiger charge is 2.62. The summed E-state index contributed by atoms with van der Waals surface area (Å²) >= 11 is 0. The average Bonchev–Trinajstić information content (AvgIpc) is 2.76. The summed E-state index contributed by atoms with van der Waals surface area (Å²) in [6.45, 7) is 14.8. The second kappa shape index (κ2) is 11.7. The quantitative estimate of drug-likeness (QED) is 0.352. The minimum atomic E-state index is -6.00. The highest BCUT2D eigenvalue weighted by molar-refractivity contribution is 7.66. The Morgan fingerprint density at radius 2 is 0.600 bits per heavy atom. The van der Waals surface area contributed by atoms with Crippen molar-refractivity contribution < 1.29 is 36.2 Å². The van der Waals surface area contributed by atoms with Gasteiger partial charge < -0.3 is 36.2 Å². The van der Waals surface area contributed by atoms with Gasteiger partial charge in [-0.3, -0.25) is 0 Å². The summed E-state index contributed by atoms with van der Waals surface area (Å²) in [5, 5.41) is 0. The first kappa shape index (κ1) is 24.5. The summed E-state index contributed by atoms with van der Waals surface area (Å²) in [7, 11) is -7.78. The molecule has 0 aliphatic carbocycles. The van der Waals surface area contributed by atoms with Gasteiger partial charge in [0, 0.05) is 0 Å². The molecule has 4 rings (SSSR count). The van der Waals surface area contributed by atoms with Crippen molar-refractivity contribution in [1.29, 1.82) is 0 Å². The van der Waals surface area contributed by atoms with Gasteiger partial charge in [-0.05, 0) is 0 Å². The van der Waals surface area contributed by atoms with Crippen LogP contribution in [0.4, 0.5) is 17.3 Å². The number of rotatable bonds is 4. The van der Waals surface area contributed by atoms with E-state index in [0.29, 0.717) is 0 Å². The van der Waals surface area contributed by atoms with Crippen molar-refractivity contribution in [1.82, 2.24) is 18.7 Å². The molecular weight excluding hydrogens is 430 g/mol. The molecule has 0 saturated carbocycles. The zero-order chi connectivity index (χ0) is 21.5. The minimum absolute atomic E-state index is 0.834. The Labute approximate surface area is 176 Å². The monoisotopic (exact) mass is 462 g/mol. The van der Waals surface area contributed by atoms with Gasteiger partial charge in [-0.15, -0.1) is 18.7 Å². The molecule has 0 bridgehead atoms. The molecule has 0 aromatic rings. The Kier molecular flexibility index (Phi) is 9.54. The van der Waals surface area contributed by atoms with Crippen LogP contribution in [0.3, 0.4) is 0 Å². The molecule has 0 spiro atoms. The van der Waals surface area contributed by atoms with Gasteiger partial charge in [-0.1, -0.05) is 0 Å². The van der Waals surface area contributed by atoms with Crippen LogP contribution in [-0.4, -0.2) is 131 Å². The zero-order valence-electron chi connectivity index (χ0n) is 17.3. The molecule has 4 saturated heterocycles. The molecule has 4 aliphatic rings. The molecule has 0 unspecified atom stereocenters. The number of morpholine rings is 4. The molecule has 8 nitrogen and oxygen atoms in total. The van der Waals surface area contributed by atoms with Crippen LogP contribution in [0.5, 0.6) is 0 Å². The van der Waals surface area contributed by atoms with Gasteiger partial charge in [0.25, 0.3) is 0 Å². The lowest BCUT2D eigenvalue weighted by molar-refractivity contribution is 0.0128. The van der Waals surface area contributed by atoms with E-state index in [9.17, 15) is 17.3 Å². The maximum Gasteiger partial charge on any atom is 0.673 e. The fourth-order valence-electron chi connectivity index (χ4n) is 4.36. The highest BCUT2D eigenvalue weighted by atomic mass is 31.2. The number of hydrogen-bond acceptors (Lipinski definition) is 8. The standard InChI is InChI=1S/C16H32N4O4P.BF4/c1-9-21-10-2-17(1)25(18-3-11-22-12-4-18,19-5-13-23-14-6-19)20-7-15-24-16-8-20;2-1(3,4)5/h1-16H2;/q+1;-1. The van der Waals surface area contributed by atoms with E-state index in [1.165, 1.54) is 0 Å². The maximum absolute atomic E-state index is 9.75. The third kappa shape index (κ3) is 6.46. The molecule has 4 aliphatic heterocycles. The lowest BCUT2D eigenvalue weighted by atomic mass is 10.3. The largest absolute Gasteiger partial charge is 0.673 e. The molecule has 4 heterocycles. The molecule has 0 aromatic carbocycles. The predicted molar refractivity (Wildman–Crippen MR) is 107 cm³/mol. The van der Waals surface area contributed by atoms with E-state index in [2.05, 4.69) is 18.7 Å². The summed E-state index contributed by atoms with van der Waals surface area (Å²) in [6, 6.07) is 0. The van der Waals surface area contributed by atoms with E-state index in [1.807, 2.05) is 0 Å². The number of hydrogen-bond donors (Lipinski definition) is 0. The lowest BCUT2D eigenvalue weighted by Crippen LogP contribution is -2.60. The average molecular weight is 462 g/mol. The van der Waals surface area contributed by atoms with Gasteiger partial charge in [0.1, 0.15) is 0 Å². The normalized spacial score (nSPS) is 26.8. The van der Waals surface area contributed by atoms with Crippen LogP contribution >= 0.6 is 7.87 Å². The van der Waals surface area contributed by atoms with E-state index in [-0.39, 0.29) is 0 Å². The van der Waals surface area contributed by atoms with Gasteiger partial charge in [0.15, 0.2) is 0 Å². The summed E-state index contributed by atoms with van der Waals surface area (Å²) in [4.78, 5) is 0. The first-order chi connectivity index (χ1) is 14.4. The van der Waals surface area contributed by atoms with E-state index >= 15 is 0 Å². The number of halogens is 4. The first-order valence-corrected chi connectivity index (χ1v) is 12.1. The van der Waals surface area contributed by atoms with E-state index in [1.54, 1.807) is 0 Å². The topological polar surface area (TPSA) is 49.9 Å². The first-order valence-electron chi connectivity index (χ1n) is 10.5. The van der Waals surface area contributed by atoms with Crippen LogP contribution < -0.4 is 0 Å². The van der Waals surface area contributed by atoms with Crippen LogP contribution in [0.25, 0.3) is 0 Å². The van der Waals surface area contributed by atoms with Crippen LogP contribution in [0.1, 0.15) is 0 Å². The minimum Gasteiger partial charge on any atom is -0.418 e. The van der Waals surface area contributed by atoms with Crippen molar-refractivity contribution in [3.05, 3.63) is 0 Å². The molecular formula is C16H32BF4N4O4P. The second-order valence-corrected chi connectivity index (χ2v) is 10.6. The van der Waals surface area contributed by atoms with Crippen LogP contribution in [0.15, 0.2) is 0 Å². The molecule has 0 radical (unpaired) electrons. The van der Waals surface area contributed by atoms with Gasteiger partial charge in [0.2, 0.25) is 0 Å². The molecule has 14 heteroatoms.